The molecule has 0 aromatic carbocycles. The van der Waals surface area contributed by atoms with E-state index in [0.29, 0.717) is 6.10 Å². The lowest BCUT2D eigenvalue weighted by atomic mass is 10.2. The molecule has 1 unspecified atom stereocenters. The molecule has 0 aliphatic carbocycles. The van der Waals surface area contributed by atoms with Crippen LogP contribution in [0, 0.1) is 0 Å². The maximum atomic E-state index is 5.13. The number of hydrogen-bond acceptors (Lipinski definition) is 2. The summed E-state index contributed by atoms with van der Waals surface area (Å²) >= 11 is 0. The number of likely N-dealkylation sites (N-methyl/N-ethyl adjacent to an activating group) is 1. The summed E-state index contributed by atoms with van der Waals surface area (Å²) in [5.74, 6) is 0. The van der Waals surface area contributed by atoms with Crippen LogP contribution < -0.4 is 0 Å². The molecule has 2 heteroatoms. The molecule has 0 spiro atoms. The smallest absolute Gasteiger partial charge is 0.0879 e. The summed E-state index contributed by atoms with van der Waals surface area (Å²) in [6, 6.07) is 0. The van der Waals surface area contributed by atoms with Gasteiger partial charge >= 0.3 is 0 Å². The van der Waals surface area contributed by atoms with Crippen LogP contribution in [0.25, 0.3) is 0 Å². The molecule has 1 aliphatic rings. The fourth-order valence-electron chi connectivity index (χ4n) is 0.988. The second-order valence-corrected chi connectivity index (χ2v) is 2.42. The molecule has 0 saturated heterocycles. The fraction of sp³-hybridized carbons (Fsp3) is 0.714. The molecule has 0 N–H and O–H groups in total. The van der Waals surface area contributed by atoms with Crippen molar-refractivity contribution in [2.45, 2.75) is 6.10 Å². The van der Waals surface area contributed by atoms with Gasteiger partial charge in [0.25, 0.3) is 0 Å². The zero-order chi connectivity index (χ0) is 6.69. The number of methoxy groups -OCH3 is 1. The van der Waals surface area contributed by atoms with Crippen LogP contribution in [0.2, 0.25) is 0 Å². The highest BCUT2D eigenvalue weighted by molar-refractivity contribution is 4.97. The van der Waals surface area contributed by atoms with E-state index in [1.807, 2.05) is 0 Å². The lowest BCUT2D eigenvalue weighted by Crippen LogP contribution is -2.32. The van der Waals surface area contributed by atoms with Gasteiger partial charge in [0.1, 0.15) is 0 Å². The van der Waals surface area contributed by atoms with Gasteiger partial charge in [-0.1, -0.05) is 12.2 Å². The van der Waals surface area contributed by atoms with Crippen molar-refractivity contribution in [1.82, 2.24) is 4.90 Å². The van der Waals surface area contributed by atoms with Gasteiger partial charge < -0.3 is 4.74 Å². The lowest BCUT2D eigenvalue weighted by molar-refractivity contribution is 0.103. The summed E-state index contributed by atoms with van der Waals surface area (Å²) < 4.78 is 5.13. The largest absolute Gasteiger partial charge is 0.376 e. The summed E-state index contributed by atoms with van der Waals surface area (Å²) in [6.07, 6.45) is 4.56. The van der Waals surface area contributed by atoms with Gasteiger partial charge in [-0.25, -0.2) is 0 Å². The Morgan fingerprint density at radius 1 is 1.67 bits per heavy atom. The first-order chi connectivity index (χ1) is 4.33. The molecule has 0 bridgehead atoms. The molecule has 0 radical (unpaired) electrons. The van der Waals surface area contributed by atoms with Gasteiger partial charge in [-0.2, -0.15) is 0 Å². The monoisotopic (exact) mass is 127 g/mol. The minimum absolute atomic E-state index is 0.309. The van der Waals surface area contributed by atoms with E-state index >= 15 is 0 Å². The predicted molar refractivity (Wildman–Crippen MR) is 37.4 cm³/mol. The van der Waals surface area contributed by atoms with E-state index < -0.39 is 0 Å². The lowest BCUT2D eigenvalue weighted by Gasteiger charge is -2.23. The molecule has 0 saturated carbocycles. The number of ether oxygens (including phenoxy) is 1. The number of rotatable bonds is 1. The topological polar surface area (TPSA) is 12.5 Å². The Balaban J connectivity index is 2.39. The molecular weight excluding hydrogens is 114 g/mol. The van der Waals surface area contributed by atoms with Crippen LogP contribution >= 0.6 is 0 Å². The van der Waals surface area contributed by atoms with Crippen molar-refractivity contribution in [2.75, 3.05) is 27.2 Å². The Labute approximate surface area is 56.1 Å². The van der Waals surface area contributed by atoms with Crippen molar-refractivity contribution in [2.24, 2.45) is 0 Å². The Bertz CT molecular complexity index is 111. The van der Waals surface area contributed by atoms with Gasteiger partial charge in [0.2, 0.25) is 0 Å². The number of hydrogen-bond donors (Lipinski definition) is 0. The Morgan fingerprint density at radius 2 is 2.44 bits per heavy atom. The van der Waals surface area contributed by atoms with Crippen molar-refractivity contribution in [3.8, 4) is 0 Å². The first-order valence-electron chi connectivity index (χ1n) is 3.21. The third-order valence-electron chi connectivity index (χ3n) is 1.56. The maximum absolute atomic E-state index is 5.13. The zero-order valence-corrected chi connectivity index (χ0v) is 6.00. The SMILES string of the molecule is COC1C=CCN(C)C1. The first-order valence-corrected chi connectivity index (χ1v) is 3.21. The second-order valence-electron chi connectivity index (χ2n) is 2.42. The van der Waals surface area contributed by atoms with Crippen molar-refractivity contribution >= 4 is 0 Å². The van der Waals surface area contributed by atoms with Gasteiger partial charge in [-0.15, -0.1) is 0 Å². The molecule has 0 fully saturated rings. The molecule has 1 atom stereocenters. The van der Waals surface area contributed by atoms with Crippen molar-refractivity contribution in [1.29, 1.82) is 0 Å². The van der Waals surface area contributed by atoms with Crippen LogP contribution in [-0.2, 0) is 4.74 Å². The predicted octanol–water partition coefficient (Wildman–Crippen LogP) is 0.503. The van der Waals surface area contributed by atoms with Crippen LogP contribution in [0.3, 0.4) is 0 Å². The molecule has 2 nitrogen and oxygen atoms in total. The summed E-state index contributed by atoms with van der Waals surface area (Å²) in [5, 5.41) is 0. The van der Waals surface area contributed by atoms with E-state index in [1.54, 1.807) is 7.11 Å². The summed E-state index contributed by atoms with van der Waals surface area (Å²) in [7, 11) is 3.84. The number of nitrogens with zero attached hydrogens (tertiary/aromatic N) is 1. The minimum atomic E-state index is 0.309. The molecule has 52 valence electrons. The molecule has 0 amide bonds. The van der Waals surface area contributed by atoms with Gasteiger partial charge in [0.15, 0.2) is 0 Å². The maximum Gasteiger partial charge on any atom is 0.0879 e. The second kappa shape index (κ2) is 2.99. The Kier molecular flexibility index (Phi) is 2.25. The van der Waals surface area contributed by atoms with Crippen molar-refractivity contribution in [3.63, 3.8) is 0 Å². The van der Waals surface area contributed by atoms with E-state index in [-0.39, 0.29) is 0 Å². The van der Waals surface area contributed by atoms with Crippen molar-refractivity contribution in [3.05, 3.63) is 12.2 Å². The van der Waals surface area contributed by atoms with Crippen LogP contribution in [-0.4, -0.2) is 38.3 Å². The molecule has 1 aliphatic heterocycles. The van der Waals surface area contributed by atoms with Crippen LogP contribution in [0.1, 0.15) is 0 Å². The van der Waals surface area contributed by atoms with E-state index in [9.17, 15) is 0 Å². The van der Waals surface area contributed by atoms with Gasteiger partial charge in [-0.05, 0) is 7.05 Å². The van der Waals surface area contributed by atoms with E-state index in [2.05, 4.69) is 24.1 Å². The van der Waals surface area contributed by atoms with Crippen LogP contribution in [0.5, 0.6) is 0 Å². The van der Waals surface area contributed by atoms with E-state index in [1.165, 1.54) is 0 Å². The fourth-order valence-corrected chi connectivity index (χ4v) is 0.988. The van der Waals surface area contributed by atoms with Crippen molar-refractivity contribution < 1.29 is 4.74 Å². The molecule has 0 aromatic rings. The van der Waals surface area contributed by atoms with Gasteiger partial charge in [0.05, 0.1) is 6.10 Å². The standard InChI is InChI=1S/C7H13NO/c1-8-5-3-4-7(6-8)9-2/h3-4,7H,5-6H2,1-2H3. The highest BCUT2D eigenvalue weighted by atomic mass is 16.5. The molecule has 1 rings (SSSR count). The summed E-state index contributed by atoms with van der Waals surface area (Å²) in [6.45, 7) is 2.08. The highest BCUT2D eigenvalue weighted by Crippen LogP contribution is 2.01. The van der Waals surface area contributed by atoms with E-state index in [4.69, 9.17) is 4.74 Å². The third kappa shape index (κ3) is 1.80. The average molecular weight is 127 g/mol. The zero-order valence-electron chi connectivity index (χ0n) is 6.00. The molecule has 1 heterocycles. The van der Waals surface area contributed by atoms with Crippen LogP contribution in [0.15, 0.2) is 12.2 Å². The minimum Gasteiger partial charge on any atom is -0.376 e. The first kappa shape index (κ1) is 6.78. The van der Waals surface area contributed by atoms with Gasteiger partial charge in [-0.3, -0.25) is 4.90 Å². The highest BCUT2D eigenvalue weighted by Gasteiger charge is 2.09. The summed E-state index contributed by atoms with van der Waals surface area (Å²) in [4.78, 5) is 2.23. The average Bonchev–Trinajstić information content (AvgIpc) is 1.88. The van der Waals surface area contributed by atoms with E-state index in [0.717, 1.165) is 13.1 Å². The quantitative estimate of drug-likeness (QED) is 0.476. The van der Waals surface area contributed by atoms with Gasteiger partial charge in [0, 0.05) is 20.2 Å². The third-order valence-corrected chi connectivity index (χ3v) is 1.56. The van der Waals surface area contributed by atoms with Crippen LogP contribution in [0.4, 0.5) is 0 Å². The Morgan fingerprint density at radius 3 is 2.89 bits per heavy atom. The molecular formula is C7H13NO. The normalized spacial score (nSPS) is 28.9. The molecule has 9 heavy (non-hydrogen) atoms. The Hall–Kier alpha value is -0.340. The summed E-state index contributed by atoms with van der Waals surface area (Å²) in [5.41, 5.74) is 0. The molecule has 0 aromatic heterocycles.